The Labute approximate surface area is 259 Å². The van der Waals surface area contributed by atoms with Crippen LogP contribution in [-0.4, -0.2) is 68.5 Å². The lowest BCUT2D eigenvalue weighted by Crippen LogP contribution is -2.41. The summed E-state index contributed by atoms with van der Waals surface area (Å²) in [6, 6.07) is 2.17. The molecule has 2 amide bonds. The Bertz CT molecular complexity index is 1660. The Morgan fingerprint density at radius 3 is 2.64 bits per heavy atom. The lowest BCUT2D eigenvalue weighted by molar-refractivity contribution is -0.140. The maximum Gasteiger partial charge on any atom is 0.433 e. The fourth-order valence-electron chi connectivity index (χ4n) is 4.39. The van der Waals surface area contributed by atoms with Gasteiger partial charge in [0.05, 0.1) is 46.0 Å². The first-order valence-corrected chi connectivity index (χ1v) is 14.1. The molecule has 0 spiro atoms. The SMILES string of the molecule is NCCCC[C@H](N)C(=O)NCCCNC(=O)c1ccc(Nc2nccn3c(-c4cn[nH]c4C(F)(F)F)cnc23)c(OC=O)c1Cl. The third-order valence-corrected chi connectivity index (χ3v) is 7.01. The summed E-state index contributed by atoms with van der Waals surface area (Å²) < 4.78 is 46.8. The smallest absolute Gasteiger partial charge is 0.425 e. The van der Waals surface area contributed by atoms with Gasteiger partial charge in [0.25, 0.3) is 12.4 Å². The van der Waals surface area contributed by atoms with E-state index in [0.29, 0.717) is 19.4 Å². The van der Waals surface area contributed by atoms with Crippen molar-refractivity contribution >= 4 is 47.0 Å². The van der Waals surface area contributed by atoms with Gasteiger partial charge in [0.15, 0.2) is 17.2 Å². The molecule has 0 radical (unpaired) electrons. The van der Waals surface area contributed by atoms with Gasteiger partial charge in [0.2, 0.25) is 5.91 Å². The summed E-state index contributed by atoms with van der Waals surface area (Å²) >= 11 is 6.45. The van der Waals surface area contributed by atoms with Gasteiger partial charge in [-0.2, -0.15) is 18.3 Å². The number of halogens is 4. The van der Waals surface area contributed by atoms with E-state index >= 15 is 0 Å². The van der Waals surface area contributed by atoms with E-state index in [9.17, 15) is 27.6 Å². The number of aromatic nitrogens is 5. The lowest BCUT2D eigenvalue weighted by Gasteiger charge is -2.15. The molecule has 0 unspecified atom stereocenters. The van der Waals surface area contributed by atoms with Crippen LogP contribution in [0.3, 0.4) is 0 Å². The zero-order chi connectivity index (χ0) is 32.6. The molecule has 8 N–H and O–H groups in total. The number of imidazole rings is 1. The Balaban J connectivity index is 1.45. The van der Waals surface area contributed by atoms with E-state index in [1.165, 1.54) is 35.1 Å². The number of carbonyl (C=O) groups excluding carboxylic acids is 3. The van der Waals surface area contributed by atoms with Gasteiger partial charge >= 0.3 is 6.18 Å². The third-order valence-electron chi connectivity index (χ3n) is 6.63. The molecule has 45 heavy (non-hydrogen) atoms. The molecule has 3 heterocycles. The van der Waals surface area contributed by atoms with E-state index < -0.39 is 23.8 Å². The molecule has 1 atom stereocenters. The molecule has 0 saturated heterocycles. The van der Waals surface area contributed by atoms with Crippen molar-refractivity contribution in [2.24, 2.45) is 11.5 Å². The lowest BCUT2D eigenvalue weighted by atomic mass is 10.1. The van der Waals surface area contributed by atoms with Crippen LogP contribution in [0.2, 0.25) is 5.02 Å². The normalized spacial score (nSPS) is 12.1. The molecule has 0 aliphatic carbocycles. The van der Waals surface area contributed by atoms with Crippen LogP contribution in [0.4, 0.5) is 24.7 Å². The second kappa shape index (κ2) is 14.8. The number of benzene rings is 1. The number of carbonyl (C=O) groups is 3. The van der Waals surface area contributed by atoms with Crippen molar-refractivity contribution < 1.29 is 32.3 Å². The number of nitrogens with one attached hydrogen (secondary N) is 4. The highest BCUT2D eigenvalue weighted by molar-refractivity contribution is 6.36. The minimum Gasteiger partial charge on any atom is -0.425 e. The number of aromatic amines is 1. The first-order chi connectivity index (χ1) is 21.6. The third kappa shape index (κ3) is 7.86. The van der Waals surface area contributed by atoms with E-state index in [0.717, 1.165) is 19.0 Å². The summed E-state index contributed by atoms with van der Waals surface area (Å²) in [4.78, 5) is 44.6. The number of alkyl halides is 3. The summed E-state index contributed by atoms with van der Waals surface area (Å²) in [7, 11) is 0. The van der Waals surface area contributed by atoms with E-state index in [1.807, 2.05) is 5.10 Å². The molecular weight excluding hydrogens is 621 g/mol. The van der Waals surface area contributed by atoms with Gasteiger partial charge in [0.1, 0.15) is 5.69 Å². The van der Waals surface area contributed by atoms with Crippen LogP contribution >= 0.6 is 11.6 Å². The Hall–Kier alpha value is -4.74. The molecule has 0 bridgehead atoms. The van der Waals surface area contributed by atoms with Gasteiger partial charge in [-0.1, -0.05) is 18.0 Å². The Morgan fingerprint density at radius 1 is 1.13 bits per heavy atom. The topological polar surface area (TPSA) is 207 Å². The van der Waals surface area contributed by atoms with Crippen molar-refractivity contribution in [3.8, 4) is 17.0 Å². The number of rotatable bonds is 15. The predicted molar refractivity (Wildman–Crippen MR) is 158 cm³/mol. The molecule has 0 saturated carbocycles. The molecule has 0 aliphatic heterocycles. The first kappa shape index (κ1) is 33.2. The minimum atomic E-state index is -4.68. The van der Waals surface area contributed by atoms with E-state index in [-0.39, 0.29) is 70.2 Å². The Morgan fingerprint density at radius 2 is 1.91 bits per heavy atom. The molecule has 14 nitrogen and oxygen atoms in total. The van der Waals surface area contributed by atoms with Crippen LogP contribution in [0, 0.1) is 0 Å². The highest BCUT2D eigenvalue weighted by Gasteiger charge is 2.36. The molecule has 3 aromatic heterocycles. The summed E-state index contributed by atoms with van der Waals surface area (Å²) in [5.74, 6) is -0.957. The van der Waals surface area contributed by atoms with Crippen molar-refractivity contribution in [2.45, 2.75) is 37.9 Å². The number of ether oxygens (including phenoxy) is 1. The van der Waals surface area contributed by atoms with Crippen LogP contribution < -0.4 is 32.2 Å². The van der Waals surface area contributed by atoms with Crippen LogP contribution in [0.25, 0.3) is 16.9 Å². The average Bonchev–Trinajstić information content (AvgIpc) is 3.67. The number of nitrogens with two attached hydrogens (primary N) is 2. The number of hydrogen-bond acceptors (Lipinski definition) is 10. The van der Waals surface area contributed by atoms with Crippen molar-refractivity contribution in [2.75, 3.05) is 25.0 Å². The highest BCUT2D eigenvalue weighted by Crippen LogP contribution is 2.39. The van der Waals surface area contributed by atoms with Gasteiger partial charge in [-0.05, 0) is 37.9 Å². The molecule has 1 aromatic carbocycles. The van der Waals surface area contributed by atoms with E-state index in [1.54, 1.807) is 0 Å². The fraction of sp³-hybridized carbons (Fsp3) is 0.333. The Kier molecular flexibility index (Phi) is 10.9. The number of anilines is 2. The molecule has 4 rings (SSSR count). The minimum absolute atomic E-state index is 0.000990. The molecule has 0 fully saturated rings. The second-order valence-corrected chi connectivity index (χ2v) is 10.1. The average molecular weight is 651 g/mol. The van der Waals surface area contributed by atoms with Gasteiger partial charge in [0, 0.05) is 25.5 Å². The monoisotopic (exact) mass is 650 g/mol. The molecular formula is C27H30ClF3N10O4. The fourth-order valence-corrected chi connectivity index (χ4v) is 4.69. The predicted octanol–water partition coefficient (Wildman–Crippen LogP) is 2.76. The zero-order valence-corrected chi connectivity index (χ0v) is 24.4. The maximum atomic E-state index is 13.5. The van der Waals surface area contributed by atoms with Crippen LogP contribution in [0.5, 0.6) is 5.75 Å². The molecule has 4 aromatic rings. The highest BCUT2D eigenvalue weighted by atomic mass is 35.5. The molecule has 0 aliphatic rings. The summed E-state index contributed by atoms with van der Waals surface area (Å²) in [6.45, 7) is 1.14. The van der Waals surface area contributed by atoms with Crippen molar-refractivity contribution in [1.82, 2.24) is 35.2 Å². The number of unbranched alkanes of at least 4 members (excludes halogenated alkanes) is 1. The summed E-state index contributed by atoms with van der Waals surface area (Å²) in [5.41, 5.74) is 10.4. The number of amides is 2. The van der Waals surface area contributed by atoms with Crippen LogP contribution in [0.1, 0.15) is 41.7 Å². The van der Waals surface area contributed by atoms with Crippen LogP contribution in [-0.2, 0) is 15.8 Å². The maximum absolute atomic E-state index is 13.5. The zero-order valence-electron chi connectivity index (χ0n) is 23.7. The van der Waals surface area contributed by atoms with Crippen molar-refractivity contribution in [3.05, 3.63) is 53.2 Å². The quantitative estimate of drug-likeness (QED) is 0.0819. The van der Waals surface area contributed by atoms with Crippen molar-refractivity contribution in [1.29, 1.82) is 0 Å². The van der Waals surface area contributed by atoms with Gasteiger partial charge in [-0.15, -0.1) is 0 Å². The van der Waals surface area contributed by atoms with Gasteiger partial charge in [-0.3, -0.25) is 23.9 Å². The van der Waals surface area contributed by atoms with Gasteiger partial charge < -0.3 is 32.2 Å². The largest absolute Gasteiger partial charge is 0.433 e. The van der Waals surface area contributed by atoms with Crippen molar-refractivity contribution in [3.63, 3.8) is 0 Å². The number of nitrogens with zero attached hydrogens (tertiary/aromatic N) is 4. The summed E-state index contributed by atoms with van der Waals surface area (Å²) in [5, 5.41) is 13.6. The standard InChI is InChI=1S/C27H30ClF3N10O4/c28-20-15(25(43)35-8-3-9-36-26(44)17(33)4-1-2-7-32)5-6-18(21(20)45-14-42)39-23-24-37-13-19(41(24)11-10-34-23)16-12-38-40-22(16)27(29,30)31/h5-6,10-14,17H,1-4,7-9,32-33H2,(H,34,39)(H,35,43)(H,36,44)(H,38,40)/t17-/m0/s1. The summed E-state index contributed by atoms with van der Waals surface area (Å²) in [6.07, 6.45) is 2.81. The van der Waals surface area contributed by atoms with E-state index in [4.69, 9.17) is 27.8 Å². The number of fused-ring (bicyclic) bond motifs is 1. The van der Waals surface area contributed by atoms with Gasteiger partial charge in [-0.25, -0.2) is 9.97 Å². The molecule has 240 valence electrons. The van der Waals surface area contributed by atoms with Crippen LogP contribution in [0.15, 0.2) is 36.9 Å². The number of H-pyrrole nitrogens is 1. The molecule has 18 heteroatoms. The second-order valence-electron chi connectivity index (χ2n) is 9.70. The first-order valence-electron chi connectivity index (χ1n) is 13.7. The number of hydrogen-bond donors (Lipinski definition) is 6. The van der Waals surface area contributed by atoms with E-state index in [2.05, 4.69) is 31.0 Å².